The smallest absolute Gasteiger partial charge is 0.240 e. The molecule has 0 radical (unpaired) electrons. The van der Waals surface area contributed by atoms with E-state index in [4.69, 9.17) is 11.6 Å². The fourth-order valence-corrected chi connectivity index (χ4v) is 1.06. The Balaban J connectivity index is 2.75. The summed E-state index contributed by atoms with van der Waals surface area (Å²) in [6, 6.07) is 3.55. The average molecular weight is 249 g/mol. The Kier molecular flexibility index (Phi) is 3.49. The molecule has 1 N–H and O–H groups in total. The lowest BCUT2D eigenvalue weighted by Crippen LogP contribution is -2.13. The number of pyridine rings is 1. The molecule has 0 atom stereocenters. The van der Waals surface area contributed by atoms with Crippen molar-refractivity contribution in [3.05, 3.63) is 22.8 Å². The van der Waals surface area contributed by atoms with Gasteiger partial charge in [-0.05, 0) is 28.1 Å². The fourth-order valence-electron chi connectivity index (χ4n) is 0.643. The van der Waals surface area contributed by atoms with Gasteiger partial charge in [0.2, 0.25) is 5.91 Å². The first-order valence-corrected chi connectivity index (χ1v) is 4.53. The lowest BCUT2D eigenvalue weighted by molar-refractivity contribution is -0.113. The van der Waals surface area contributed by atoms with Crippen LogP contribution in [-0.2, 0) is 4.79 Å². The van der Waals surface area contributed by atoms with Crippen LogP contribution in [0.1, 0.15) is 0 Å². The summed E-state index contributed by atoms with van der Waals surface area (Å²) in [7, 11) is 0. The van der Waals surface area contributed by atoms with Crippen molar-refractivity contribution in [3.63, 3.8) is 0 Å². The monoisotopic (exact) mass is 248 g/mol. The van der Waals surface area contributed by atoms with Crippen LogP contribution < -0.4 is 5.32 Å². The highest BCUT2D eigenvalue weighted by molar-refractivity contribution is 9.10. The molecule has 0 aliphatic carbocycles. The molecule has 0 saturated carbocycles. The zero-order valence-electron chi connectivity index (χ0n) is 6.05. The van der Waals surface area contributed by atoms with Crippen LogP contribution in [-0.4, -0.2) is 16.8 Å². The Hall–Kier alpha value is -0.610. The number of nitrogens with zero attached hydrogens (tertiary/aromatic N) is 1. The predicted molar refractivity (Wildman–Crippen MR) is 51.3 cm³/mol. The van der Waals surface area contributed by atoms with Gasteiger partial charge < -0.3 is 5.32 Å². The normalized spacial score (nSPS) is 9.50. The van der Waals surface area contributed by atoms with E-state index in [1.165, 1.54) is 0 Å². The molecule has 0 aliphatic heterocycles. The Morgan fingerprint density at radius 2 is 2.50 bits per heavy atom. The van der Waals surface area contributed by atoms with Crippen molar-refractivity contribution in [1.82, 2.24) is 4.98 Å². The minimum absolute atomic E-state index is 0.0665. The summed E-state index contributed by atoms with van der Waals surface area (Å²) in [4.78, 5) is 14.8. The molecule has 0 aromatic carbocycles. The third-order valence-electron chi connectivity index (χ3n) is 1.14. The molecule has 0 unspecified atom stereocenters. The predicted octanol–water partition coefficient (Wildman–Crippen LogP) is 2.02. The SMILES string of the molecule is O=C(CCl)Nc1ncccc1Br. The Labute approximate surface area is 83.3 Å². The van der Waals surface area contributed by atoms with Crippen molar-refractivity contribution in [1.29, 1.82) is 0 Å². The lowest BCUT2D eigenvalue weighted by Gasteiger charge is -2.02. The van der Waals surface area contributed by atoms with E-state index in [1.54, 1.807) is 18.3 Å². The van der Waals surface area contributed by atoms with Gasteiger partial charge >= 0.3 is 0 Å². The van der Waals surface area contributed by atoms with E-state index in [0.29, 0.717) is 5.82 Å². The molecule has 0 bridgehead atoms. The van der Waals surface area contributed by atoms with Gasteiger partial charge in [-0.15, -0.1) is 11.6 Å². The van der Waals surface area contributed by atoms with Gasteiger partial charge in [-0.3, -0.25) is 4.79 Å². The van der Waals surface area contributed by atoms with Crippen LogP contribution in [0.2, 0.25) is 0 Å². The van der Waals surface area contributed by atoms with Gasteiger partial charge in [0.1, 0.15) is 11.7 Å². The summed E-state index contributed by atoms with van der Waals surface area (Å²) in [6.07, 6.45) is 1.59. The minimum Gasteiger partial charge on any atom is -0.309 e. The van der Waals surface area contributed by atoms with Crippen LogP contribution >= 0.6 is 27.5 Å². The second-order valence-corrected chi connectivity index (χ2v) is 3.14. The van der Waals surface area contributed by atoms with Crippen molar-refractivity contribution in [3.8, 4) is 0 Å². The number of nitrogens with one attached hydrogen (secondary N) is 1. The van der Waals surface area contributed by atoms with Gasteiger partial charge in [0, 0.05) is 6.20 Å². The number of halogens is 2. The van der Waals surface area contributed by atoms with E-state index in [-0.39, 0.29) is 11.8 Å². The maximum absolute atomic E-state index is 10.8. The van der Waals surface area contributed by atoms with Gasteiger partial charge in [-0.25, -0.2) is 4.98 Å². The maximum Gasteiger partial charge on any atom is 0.240 e. The molecule has 1 aromatic rings. The lowest BCUT2D eigenvalue weighted by atomic mass is 10.4. The van der Waals surface area contributed by atoms with Gasteiger partial charge in [0.25, 0.3) is 0 Å². The molecule has 0 saturated heterocycles. The topological polar surface area (TPSA) is 42.0 Å². The van der Waals surface area contributed by atoms with Crippen LogP contribution in [0.5, 0.6) is 0 Å². The molecular formula is C7H6BrClN2O. The second-order valence-electron chi connectivity index (χ2n) is 2.02. The molecule has 0 fully saturated rings. The summed E-state index contributed by atoms with van der Waals surface area (Å²) in [5, 5.41) is 2.53. The Morgan fingerprint density at radius 1 is 1.75 bits per heavy atom. The van der Waals surface area contributed by atoms with Crippen LogP contribution in [0.3, 0.4) is 0 Å². The average Bonchev–Trinajstić information content (AvgIpc) is 2.09. The number of carbonyl (C=O) groups is 1. The highest BCUT2D eigenvalue weighted by atomic mass is 79.9. The van der Waals surface area contributed by atoms with Gasteiger partial charge in [-0.2, -0.15) is 0 Å². The second kappa shape index (κ2) is 4.42. The van der Waals surface area contributed by atoms with E-state index in [9.17, 15) is 4.79 Å². The number of hydrogen-bond acceptors (Lipinski definition) is 2. The Morgan fingerprint density at radius 3 is 3.08 bits per heavy atom. The minimum atomic E-state index is -0.268. The van der Waals surface area contributed by atoms with E-state index < -0.39 is 0 Å². The number of alkyl halides is 1. The van der Waals surface area contributed by atoms with Crippen molar-refractivity contribution in [2.24, 2.45) is 0 Å². The van der Waals surface area contributed by atoms with Crippen LogP contribution in [0.25, 0.3) is 0 Å². The summed E-state index contributed by atoms with van der Waals surface area (Å²) < 4.78 is 0.739. The number of amides is 1. The highest BCUT2D eigenvalue weighted by Gasteiger charge is 2.03. The molecule has 0 aliphatic rings. The molecule has 1 amide bonds. The summed E-state index contributed by atoms with van der Waals surface area (Å²) >= 11 is 8.53. The summed E-state index contributed by atoms with van der Waals surface area (Å²) in [5.41, 5.74) is 0. The standard InChI is InChI=1S/C7H6BrClN2O/c8-5-2-1-3-10-7(5)11-6(12)4-9/h1-3H,4H2,(H,10,11,12). The fraction of sp³-hybridized carbons (Fsp3) is 0.143. The molecule has 1 aromatic heterocycles. The molecule has 3 nitrogen and oxygen atoms in total. The van der Waals surface area contributed by atoms with Crippen molar-refractivity contribution >= 4 is 39.3 Å². The molecule has 5 heteroatoms. The third-order valence-corrected chi connectivity index (χ3v) is 2.02. The van der Waals surface area contributed by atoms with Crippen LogP contribution in [0.15, 0.2) is 22.8 Å². The number of carbonyl (C=O) groups excluding carboxylic acids is 1. The number of hydrogen-bond donors (Lipinski definition) is 1. The first-order chi connectivity index (χ1) is 5.74. The highest BCUT2D eigenvalue weighted by Crippen LogP contribution is 2.17. The first kappa shape index (κ1) is 9.48. The summed E-state index contributed by atoms with van der Waals surface area (Å²) in [6.45, 7) is 0. The molecule has 1 heterocycles. The zero-order chi connectivity index (χ0) is 8.97. The van der Waals surface area contributed by atoms with Gasteiger partial charge in [0.15, 0.2) is 0 Å². The van der Waals surface area contributed by atoms with Crippen LogP contribution in [0.4, 0.5) is 5.82 Å². The van der Waals surface area contributed by atoms with Gasteiger partial charge in [0.05, 0.1) is 4.47 Å². The van der Waals surface area contributed by atoms with Crippen LogP contribution in [0, 0.1) is 0 Å². The molecule has 64 valence electrons. The summed E-state index contributed by atoms with van der Waals surface area (Å²) in [5.74, 6) is 0.155. The number of anilines is 1. The zero-order valence-corrected chi connectivity index (χ0v) is 8.39. The quantitative estimate of drug-likeness (QED) is 0.815. The van der Waals surface area contributed by atoms with E-state index in [1.807, 2.05) is 0 Å². The molecule has 12 heavy (non-hydrogen) atoms. The third kappa shape index (κ3) is 2.46. The van der Waals surface area contributed by atoms with Crippen molar-refractivity contribution < 1.29 is 4.79 Å². The first-order valence-electron chi connectivity index (χ1n) is 3.20. The largest absolute Gasteiger partial charge is 0.309 e. The molecule has 0 spiro atoms. The number of aromatic nitrogens is 1. The van der Waals surface area contributed by atoms with Gasteiger partial charge in [-0.1, -0.05) is 0 Å². The molecular weight excluding hydrogens is 243 g/mol. The van der Waals surface area contributed by atoms with Crippen molar-refractivity contribution in [2.45, 2.75) is 0 Å². The molecule has 1 rings (SSSR count). The van der Waals surface area contributed by atoms with E-state index in [2.05, 4.69) is 26.2 Å². The van der Waals surface area contributed by atoms with Crippen molar-refractivity contribution in [2.75, 3.05) is 11.2 Å². The Bertz CT molecular complexity index is 292. The number of rotatable bonds is 2. The maximum atomic E-state index is 10.8. The van der Waals surface area contributed by atoms with E-state index >= 15 is 0 Å². The van der Waals surface area contributed by atoms with E-state index in [0.717, 1.165) is 4.47 Å².